The maximum atomic E-state index is 5.70. The number of alkyl halides is 1. The van der Waals surface area contributed by atoms with Crippen molar-refractivity contribution < 1.29 is 4.74 Å². The average Bonchev–Trinajstić information content (AvgIpc) is 2.04. The van der Waals surface area contributed by atoms with E-state index in [-0.39, 0.29) is 0 Å². The van der Waals surface area contributed by atoms with Crippen LogP contribution in [0, 0.1) is 5.41 Å². The summed E-state index contributed by atoms with van der Waals surface area (Å²) in [6.07, 6.45) is 1.05. The lowest BCUT2D eigenvalue weighted by Crippen LogP contribution is -2.32. The minimum Gasteiger partial charge on any atom is -0.380 e. The summed E-state index contributed by atoms with van der Waals surface area (Å²) in [6.45, 7) is 10.00. The van der Waals surface area contributed by atoms with Crippen LogP contribution in [0.4, 0.5) is 0 Å². The van der Waals surface area contributed by atoms with Crippen molar-refractivity contribution >= 4 is 11.6 Å². The second-order valence-corrected chi connectivity index (χ2v) is 4.35. The monoisotopic (exact) mass is 207 g/mol. The highest BCUT2D eigenvalue weighted by molar-refractivity contribution is 6.17. The molecule has 3 heteroatoms. The Bertz CT molecular complexity index is 117. The van der Waals surface area contributed by atoms with E-state index in [9.17, 15) is 0 Å². The fourth-order valence-corrected chi connectivity index (χ4v) is 1.57. The smallest absolute Gasteiger partial charge is 0.0590 e. The second kappa shape index (κ2) is 7.60. The second-order valence-electron chi connectivity index (χ2n) is 3.98. The van der Waals surface area contributed by atoms with E-state index in [1.165, 1.54) is 0 Å². The fraction of sp³-hybridized carbons (Fsp3) is 1.00. The zero-order valence-corrected chi connectivity index (χ0v) is 9.78. The molecule has 0 saturated heterocycles. The molecule has 2 nitrogen and oxygen atoms in total. The summed E-state index contributed by atoms with van der Waals surface area (Å²) < 4.78 is 5.22. The zero-order valence-electron chi connectivity index (χ0n) is 9.03. The molecule has 0 heterocycles. The molecule has 0 aromatic rings. The summed E-state index contributed by atoms with van der Waals surface area (Å²) >= 11 is 5.70. The van der Waals surface area contributed by atoms with Crippen molar-refractivity contribution in [1.82, 2.24) is 5.32 Å². The molecule has 0 aliphatic carbocycles. The van der Waals surface area contributed by atoms with Gasteiger partial charge in [-0.15, -0.1) is 11.6 Å². The van der Waals surface area contributed by atoms with Gasteiger partial charge in [0.1, 0.15) is 0 Å². The summed E-state index contributed by atoms with van der Waals surface area (Å²) in [7, 11) is 0. The van der Waals surface area contributed by atoms with Crippen LogP contribution in [0.2, 0.25) is 0 Å². The van der Waals surface area contributed by atoms with Crippen molar-refractivity contribution in [1.29, 1.82) is 0 Å². The summed E-state index contributed by atoms with van der Waals surface area (Å²) in [4.78, 5) is 0. The van der Waals surface area contributed by atoms with Crippen molar-refractivity contribution in [3.8, 4) is 0 Å². The van der Waals surface area contributed by atoms with E-state index in [0.717, 1.165) is 38.6 Å². The molecule has 0 unspecified atom stereocenters. The van der Waals surface area contributed by atoms with Crippen molar-refractivity contribution in [2.75, 3.05) is 32.2 Å². The van der Waals surface area contributed by atoms with Gasteiger partial charge < -0.3 is 10.1 Å². The summed E-state index contributed by atoms with van der Waals surface area (Å²) in [5.74, 6) is 0.736. The van der Waals surface area contributed by atoms with Gasteiger partial charge in [0.25, 0.3) is 0 Å². The minimum absolute atomic E-state index is 0.300. The van der Waals surface area contributed by atoms with Gasteiger partial charge in [-0.3, -0.25) is 0 Å². The van der Waals surface area contributed by atoms with E-state index < -0.39 is 0 Å². The van der Waals surface area contributed by atoms with E-state index in [0.29, 0.717) is 5.41 Å². The van der Waals surface area contributed by atoms with Crippen molar-refractivity contribution in [2.24, 2.45) is 5.41 Å². The molecular formula is C10H22ClNO. The standard InChI is InChI=1S/C10H22ClNO/c1-4-13-8-7-12-9-10(2,3)5-6-11/h12H,4-9H2,1-3H3. The molecule has 0 aliphatic heterocycles. The van der Waals surface area contributed by atoms with E-state index >= 15 is 0 Å². The van der Waals surface area contributed by atoms with Crippen LogP contribution in [0.25, 0.3) is 0 Å². The van der Waals surface area contributed by atoms with Crippen LogP contribution in [0.5, 0.6) is 0 Å². The summed E-state index contributed by atoms with van der Waals surface area (Å²) in [6, 6.07) is 0. The van der Waals surface area contributed by atoms with Crippen LogP contribution in [0.1, 0.15) is 27.2 Å². The van der Waals surface area contributed by atoms with Gasteiger partial charge in [-0.05, 0) is 18.8 Å². The lowest BCUT2D eigenvalue weighted by atomic mass is 9.90. The third-order valence-electron chi connectivity index (χ3n) is 2.00. The molecule has 0 aromatic heterocycles. The van der Waals surface area contributed by atoms with Crippen LogP contribution in [-0.2, 0) is 4.74 Å². The maximum absolute atomic E-state index is 5.70. The van der Waals surface area contributed by atoms with Gasteiger partial charge >= 0.3 is 0 Å². The largest absolute Gasteiger partial charge is 0.380 e. The molecule has 1 N–H and O–H groups in total. The molecule has 80 valence electrons. The Balaban J connectivity index is 3.29. The van der Waals surface area contributed by atoms with Crippen LogP contribution >= 0.6 is 11.6 Å². The molecule has 0 saturated carbocycles. The molecule has 0 fully saturated rings. The molecule has 0 radical (unpaired) electrons. The van der Waals surface area contributed by atoms with Gasteiger partial charge in [0.15, 0.2) is 0 Å². The Morgan fingerprint density at radius 2 is 2.08 bits per heavy atom. The van der Waals surface area contributed by atoms with Crippen LogP contribution in [0.15, 0.2) is 0 Å². The molecular weight excluding hydrogens is 186 g/mol. The third-order valence-corrected chi connectivity index (χ3v) is 2.19. The number of rotatable bonds is 8. The molecule has 0 amide bonds. The molecule has 0 bridgehead atoms. The molecule has 0 aliphatic rings. The van der Waals surface area contributed by atoms with Gasteiger partial charge in [0, 0.05) is 25.6 Å². The van der Waals surface area contributed by atoms with E-state index in [4.69, 9.17) is 16.3 Å². The minimum atomic E-state index is 0.300. The molecule has 13 heavy (non-hydrogen) atoms. The summed E-state index contributed by atoms with van der Waals surface area (Å²) in [5, 5.41) is 3.36. The van der Waals surface area contributed by atoms with E-state index in [1.807, 2.05) is 6.92 Å². The highest BCUT2D eigenvalue weighted by atomic mass is 35.5. The highest BCUT2D eigenvalue weighted by Crippen LogP contribution is 2.19. The summed E-state index contributed by atoms with van der Waals surface area (Å²) in [5.41, 5.74) is 0.300. The fourth-order valence-electron chi connectivity index (χ4n) is 1.06. The van der Waals surface area contributed by atoms with E-state index in [1.54, 1.807) is 0 Å². The Labute approximate surface area is 87.0 Å². The Hall–Kier alpha value is 0.210. The average molecular weight is 208 g/mol. The Morgan fingerprint density at radius 3 is 2.62 bits per heavy atom. The van der Waals surface area contributed by atoms with Crippen LogP contribution in [0.3, 0.4) is 0 Å². The van der Waals surface area contributed by atoms with Crippen LogP contribution in [-0.4, -0.2) is 32.2 Å². The van der Waals surface area contributed by atoms with Gasteiger partial charge in [-0.25, -0.2) is 0 Å². The number of hydrogen-bond acceptors (Lipinski definition) is 2. The first-order chi connectivity index (χ1) is 6.12. The first kappa shape index (κ1) is 13.2. The van der Waals surface area contributed by atoms with Crippen molar-refractivity contribution in [2.45, 2.75) is 27.2 Å². The lowest BCUT2D eigenvalue weighted by Gasteiger charge is -2.23. The Kier molecular flexibility index (Phi) is 7.72. The first-order valence-electron chi connectivity index (χ1n) is 4.97. The topological polar surface area (TPSA) is 21.3 Å². The number of ether oxygens (including phenoxy) is 1. The number of halogens is 1. The normalized spacial score (nSPS) is 12.0. The van der Waals surface area contributed by atoms with Gasteiger partial charge in [-0.2, -0.15) is 0 Å². The predicted molar refractivity (Wildman–Crippen MR) is 58.5 cm³/mol. The van der Waals surface area contributed by atoms with Crippen LogP contribution < -0.4 is 5.32 Å². The van der Waals surface area contributed by atoms with Crippen molar-refractivity contribution in [3.63, 3.8) is 0 Å². The highest BCUT2D eigenvalue weighted by Gasteiger charge is 2.15. The van der Waals surface area contributed by atoms with Crippen molar-refractivity contribution in [3.05, 3.63) is 0 Å². The third kappa shape index (κ3) is 8.54. The molecule has 0 rings (SSSR count). The molecule has 0 aromatic carbocycles. The number of hydrogen-bond donors (Lipinski definition) is 1. The van der Waals surface area contributed by atoms with Gasteiger partial charge in [0.2, 0.25) is 0 Å². The SMILES string of the molecule is CCOCCNCC(C)(C)CCCl. The zero-order chi connectivity index (χ0) is 10.2. The van der Waals surface area contributed by atoms with E-state index in [2.05, 4.69) is 19.2 Å². The maximum Gasteiger partial charge on any atom is 0.0590 e. The van der Waals surface area contributed by atoms with Gasteiger partial charge in [0.05, 0.1) is 6.61 Å². The molecule has 0 spiro atoms. The number of nitrogens with one attached hydrogen (secondary N) is 1. The predicted octanol–water partition coefficient (Wildman–Crippen LogP) is 2.27. The first-order valence-corrected chi connectivity index (χ1v) is 5.50. The Morgan fingerprint density at radius 1 is 1.38 bits per heavy atom. The lowest BCUT2D eigenvalue weighted by molar-refractivity contribution is 0.146. The molecule has 0 atom stereocenters. The van der Waals surface area contributed by atoms with Gasteiger partial charge in [-0.1, -0.05) is 13.8 Å². The quantitative estimate of drug-likeness (QED) is 0.487.